The molecule has 0 saturated carbocycles. The van der Waals surface area contributed by atoms with Crippen LogP contribution in [-0.2, 0) is 6.42 Å². The van der Waals surface area contributed by atoms with Crippen molar-refractivity contribution in [2.24, 2.45) is 0 Å². The van der Waals surface area contributed by atoms with E-state index in [0.29, 0.717) is 12.0 Å². The second kappa shape index (κ2) is 4.54. The Morgan fingerprint density at radius 2 is 1.79 bits per heavy atom. The minimum atomic E-state index is -0.376. The van der Waals surface area contributed by atoms with Crippen LogP contribution in [0.5, 0.6) is 5.75 Å². The van der Waals surface area contributed by atoms with Gasteiger partial charge >= 0.3 is 0 Å². The summed E-state index contributed by atoms with van der Waals surface area (Å²) >= 11 is 0. The summed E-state index contributed by atoms with van der Waals surface area (Å²) in [6, 6.07) is 13.5. The van der Waals surface area contributed by atoms with Gasteiger partial charge in [-0.05, 0) is 36.6 Å². The molecule has 1 unspecified atom stereocenters. The molecule has 0 saturated heterocycles. The molecule has 0 fully saturated rings. The predicted octanol–water partition coefficient (Wildman–Crippen LogP) is 3.49. The molecule has 1 atom stereocenters. The minimum absolute atomic E-state index is 0.0621. The SMILES string of the molecule is Cc1cc2c(cc1C)OC(C(=O)c1ccccc1)C2. The molecule has 1 aliphatic rings. The van der Waals surface area contributed by atoms with E-state index in [4.69, 9.17) is 4.74 Å². The number of aryl methyl sites for hydroxylation is 2. The molecule has 2 heteroatoms. The maximum absolute atomic E-state index is 12.4. The van der Waals surface area contributed by atoms with Gasteiger partial charge in [-0.15, -0.1) is 0 Å². The van der Waals surface area contributed by atoms with Gasteiger partial charge in [-0.25, -0.2) is 0 Å². The van der Waals surface area contributed by atoms with E-state index in [1.54, 1.807) is 0 Å². The number of rotatable bonds is 2. The van der Waals surface area contributed by atoms with Gasteiger partial charge in [-0.1, -0.05) is 36.4 Å². The van der Waals surface area contributed by atoms with Gasteiger partial charge in [0.2, 0.25) is 5.78 Å². The van der Waals surface area contributed by atoms with E-state index < -0.39 is 0 Å². The van der Waals surface area contributed by atoms with Crippen molar-refractivity contribution in [2.75, 3.05) is 0 Å². The van der Waals surface area contributed by atoms with Crippen molar-refractivity contribution in [3.8, 4) is 5.75 Å². The maximum atomic E-state index is 12.4. The van der Waals surface area contributed by atoms with Crippen LogP contribution < -0.4 is 4.74 Å². The van der Waals surface area contributed by atoms with Crippen LogP contribution in [0.2, 0.25) is 0 Å². The van der Waals surface area contributed by atoms with Crippen LogP contribution in [0.25, 0.3) is 0 Å². The molecule has 1 heterocycles. The summed E-state index contributed by atoms with van der Waals surface area (Å²) in [6.07, 6.45) is 0.295. The predicted molar refractivity (Wildman–Crippen MR) is 74.8 cm³/mol. The fourth-order valence-electron chi connectivity index (χ4n) is 2.45. The normalized spacial score (nSPS) is 16.8. The third-order valence-corrected chi connectivity index (χ3v) is 3.70. The van der Waals surface area contributed by atoms with E-state index in [-0.39, 0.29) is 11.9 Å². The molecule has 0 aromatic heterocycles. The fourth-order valence-corrected chi connectivity index (χ4v) is 2.45. The smallest absolute Gasteiger partial charge is 0.203 e. The van der Waals surface area contributed by atoms with Crippen LogP contribution in [0.1, 0.15) is 27.0 Å². The number of hydrogen-bond acceptors (Lipinski definition) is 2. The number of benzene rings is 2. The van der Waals surface area contributed by atoms with Crippen molar-refractivity contribution in [3.63, 3.8) is 0 Å². The lowest BCUT2D eigenvalue weighted by molar-refractivity contribution is 0.0824. The molecule has 0 bridgehead atoms. The van der Waals surface area contributed by atoms with Gasteiger partial charge in [0.25, 0.3) is 0 Å². The van der Waals surface area contributed by atoms with Crippen LogP contribution in [0, 0.1) is 13.8 Å². The molecule has 96 valence electrons. The van der Waals surface area contributed by atoms with Crippen molar-refractivity contribution in [1.82, 2.24) is 0 Å². The summed E-state index contributed by atoms with van der Waals surface area (Å²) < 4.78 is 5.81. The average molecular weight is 252 g/mol. The summed E-state index contributed by atoms with van der Waals surface area (Å²) in [4.78, 5) is 12.4. The minimum Gasteiger partial charge on any atom is -0.482 e. The maximum Gasteiger partial charge on any atom is 0.203 e. The van der Waals surface area contributed by atoms with Crippen LogP contribution >= 0.6 is 0 Å². The van der Waals surface area contributed by atoms with Crippen molar-refractivity contribution in [3.05, 3.63) is 64.7 Å². The van der Waals surface area contributed by atoms with Crippen molar-refractivity contribution >= 4 is 5.78 Å². The van der Waals surface area contributed by atoms with E-state index in [0.717, 1.165) is 11.3 Å². The number of Topliss-reactive ketones (excluding diaryl/α,β-unsaturated/α-hetero) is 1. The topological polar surface area (TPSA) is 26.3 Å². The van der Waals surface area contributed by atoms with Gasteiger partial charge in [-0.3, -0.25) is 4.79 Å². The second-order valence-corrected chi connectivity index (χ2v) is 5.09. The lowest BCUT2D eigenvalue weighted by Gasteiger charge is -2.09. The van der Waals surface area contributed by atoms with E-state index in [1.807, 2.05) is 36.4 Å². The van der Waals surface area contributed by atoms with Gasteiger partial charge in [0, 0.05) is 12.0 Å². The number of carbonyl (C=O) groups excluding carboxylic acids is 1. The summed E-state index contributed by atoms with van der Waals surface area (Å²) in [5, 5.41) is 0. The van der Waals surface area contributed by atoms with Crippen LogP contribution in [0.15, 0.2) is 42.5 Å². The van der Waals surface area contributed by atoms with E-state index in [1.165, 1.54) is 11.1 Å². The Bertz CT molecular complexity index is 598. The van der Waals surface area contributed by atoms with Crippen molar-refractivity contribution in [1.29, 1.82) is 0 Å². The van der Waals surface area contributed by atoms with Gasteiger partial charge < -0.3 is 4.74 Å². The Morgan fingerprint density at radius 3 is 2.53 bits per heavy atom. The van der Waals surface area contributed by atoms with E-state index >= 15 is 0 Å². The lowest BCUT2D eigenvalue weighted by Crippen LogP contribution is -2.25. The highest BCUT2D eigenvalue weighted by atomic mass is 16.5. The van der Waals surface area contributed by atoms with Crippen molar-refractivity contribution in [2.45, 2.75) is 26.4 Å². The van der Waals surface area contributed by atoms with Gasteiger partial charge in [0.05, 0.1) is 0 Å². The monoisotopic (exact) mass is 252 g/mol. The molecule has 0 radical (unpaired) electrons. The molecule has 0 aliphatic carbocycles. The third kappa shape index (κ3) is 2.14. The molecule has 2 aromatic rings. The zero-order chi connectivity index (χ0) is 13.4. The first-order chi connectivity index (χ1) is 9.15. The van der Waals surface area contributed by atoms with Gasteiger partial charge in [0.15, 0.2) is 6.10 Å². The number of ketones is 1. The zero-order valence-corrected chi connectivity index (χ0v) is 11.1. The molecule has 3 rings (SSSR count). The largest absolute Gasteiger partial charge is 0.482 e. The number of fused-ring (bicyclic) bond motifs is 1. The summed E-state index contributed by atoms with van der Waals surface area (Å²) in [6.45, 7) is 4.15. The molecule has 0 N–H and O–H groups in total. The van der Waals surface area contributed by atoms with Crippen molar-refractivity contribution < 1.29 is 9.53 Å². The van der Waals surface area contributed by atoms with Crippen LogP contribution in [0.4, 0.5) is 0 Å². The van der Waals surface area contributed by atoms with E-state index in [2.05, 4.69) is 19.9 Å². The van der Waals surface area contributed by atoms with E-state index in [9.17, 15) is 4.79 Å². The van der Waals surface area contributed by atoms with Gasteiger partial charge in [0.1, 0.15) is 5.75 Å². The highest BCUT2D eigenvalue weighted by Crippen LogP contribution is 2.32. The highest BCUT2D eigenvalue weighted by Gasteiger charge is 2.30. The lowest BCUT2D eigenvalue weighted by atomic mass is 9.99. The Labute approximate surface area is 113 Å². The highest BCUT2D eigenvalue weighted by molar-refractivity contribution is 6.00. The molecule has 2 aromatic carbocycles. The van der Waals surface area contributed by atoms with Gasteiger partial charge in [-0.2, -0.15) is 0 Å². The molecule has 19 heavy (non-hydrogen) atoms. The first-order valence-electron chi connectivity index (χ1n) is 6.51. The number of hydrogen-bond donors (Lipinski definition) is 0. The quantitative estimate of drug-likeness (QED) is 0.765. The standard InChI is InChI=1S/C17H16O2/c1-11-8-14-10-16(19-15(14)9-12(11)2)17(18)13-6-4-3-5-7-13/h3-9,16H,10H2,1-2H3. The summed E-state index contributed by atoms with van der Waals surface area (Å²) in [5.41, 5.74) is 4.30. The third-order valence-electron chi connectivity index (χ3n) is 3.70. The van der Waals surface area contributed by atoms with Crippen LogP contribution in [-0.4, -0.2) is 11.9 Å². The Hall–Kier alpha value is -2.09. The molecule has 0 spiro atoms. The molecule has 0 amide bonds. The first-order valence-corrected chi connectivity index (χ1v) is 6.51. The Kier molecular flexibility index (Phi) is 2.86. The molecular weight excluding hydrogens is 236 g/mol. The summed E-state index contributed by atoms with van der Waals surface area (Å²) in [5.74, 6) is 0.921. The molecule has 1 aliphatic heterocycles. The number of carbonyl (C=O) groups is 1. The Morgan fingerprint density at radius 1 is 1.11 bits per heavy atom. The number of ether oxygens (including phenoxy) is 1. The molecule has 2 nitrogen and oxygen atoms in total. The summed E-state index contributed by atoms with van der Waals surface area (Å²) in [7, 11) is 0. The fraction of sp³-hybridized carbons (Fsp3) is 0.235. The van der Waals surface area contributed by atoms with Crippen LogP contribution in [0.3, 0.4) is 0 Å². The second-order valence-electron chi connectivity index (χ2n) is 5.09. The average Bonchev–Trinajstić information content (AvgIpc) is 2.82. The zero-order valence-electron chi connectivity index (χ0n) is 11.1. The molecular formula is C17H16O2. The Balaban J connectivity index is 1.86. The first kappa shape index (κ1) is 12.0.